The summed E-state index contributed by atoms with van der Waals surface area (Å²) in [5.41, 5.74) is 0.362. The molecule has 1 atom stereocenters. The van der Waals surface area contributed by atoms with Crippen molar-refractivity contribution in [1.29, 1.82) is 0 Å². The van der Waals surface area contributed by atoms with Crippen LogP contribution in [0.4, 0.5) is 4.39 Å². The smallest absolute Gasteiger partial charge is 0.335 e. The third-order valence-corrected chi connectivity index (χ3v) is 4.73. The maximum absolute atomic E-state index is 14.2. The molecule has 4 rings (SSSR count). The molecule has 7 heteroatoms. The number of nitrogens with zero attached hydrogens (tertiary/aromatic N) is 1. The Labute approximate surface area is 147 Å². The molecule has 0 amide bonds. The number of quaternary nitrogens is 1. The summed E-state index contributed by atoms with van der Waals surface area (Å²) in [6.07, 6.45) is 0.846. The number of hydrogen-bond donors (Lipinski definition) is 3. The molecule has 0 spiro atoms. The van der Waals surface area contributed by atoms with Crippen LogP contribution >= 0.6 is 0 Å². The fraction of sp³-hybridized carbons (Fsp3) is 0.158. The molecule has 1 aromatic heterocycles. The topological polar surface area (TPSA) is 91.7 Å². The zero-order valence-corrected chi connectivity index (χ0v) is 13.8. The van der Waals surface area contributed by atoms with E-state index in [9.17, 15) is 19.1 Å². The zero-order valence-electron chi connectivity index (χ0n) is 13.8. The van der Waals surface area contributed by atoms with Gasteiger partial charge in [0.15, 0.2) is 0 Å². The number of nitrogens with one attached hydrogen (secondary N) is 1. The largest absolute Gasteiger partial charge is 0.494 e. The highest BCUT2D eigenvalue weighted by molar-refractivity contribution is 5.44. The molecule has 0 saturated carbocycles. The van der Waals surface area contributed by atoms with Crippen LogP contribution < -0.4 is 16.6 Å². The van der Waals surface area contributed by atoms with Crippen LogP contribution in [0.5, 0.6) is 5.88 Å². The lowest BCUT2D eigenvalue weighted by molar-refractivity contribution is -0.690. The first-order chi connectivity index (χ1) is 12.6. The van der Waals surface area contributed by atoms with Gasteiger partial charge in [-0.05, 0) is 17.7 Å². The molecular weight excluding hydrogens is 337 g/mol. The van der Waals surface area contributed by atoms with E-state index in [0.29, 0.717) is 0 Å². The number of nitrogens with two attached hydrogens (primary N) is 1. The van der Waals surface area contributed by atoms with Crippen LogP contribution in [0.25, 0.3) is 5.69 Å². The number of H-pyrrole nitrogens is 1. The van der Waals surface area contributed by atoms with E-state index in [2.05, 4.69) is 4.98 Å². The Morgan fingerprint density at radius 2 is 1.85 bits per heavy atom. The minimum Gasteiger partial charge on any atom is -0.494 e. The minimum absolute atomic E-state index is 0.0417. The van der Waals surface area contributed by atoms with Gasteiger partial charge in [-0.25, -0.2) is 13.8 Å². The Morgan fingerprint density at radius 3 is 2.65 bits per heavy atom. The SMILES string of the molecule is O=c1[nH]c(=O)n(-c2ccccc2F)c(O)c1[C@@H]1[NH2+]CCc2ccccc21. The Bertz CT molecular complexity index is 1100. The van der Waals surface area contributed by atoms with E-state index in [1.165, 1.54) is 18.2 Å². The van der Waals surface area contributed by atoms with Gasteiger partial charge in [0.05, 0.1) is 12.2 Å². The molecule has 2 aromatic carbocycles. The molecule has 0 aliphatic carbocycles. The van der Waals surface area contributed by atoms with Crippen molar-refractivity contribution in [3.63, 3.8) is 0 Å². The van der Waals surface area contributed by atoms with Crippen LogP contribution in [-0.4, -0.2) is 21.2 Å². The lowest BCUT2D eigenvalue weighted by atomic mass is 9.90. The first-order valence-electron chi connectivity index (χ1n) is 8.32. The standard InChI is InChI=1S/C19H16FN3O3/c20-13-7-3-4-8-14(13)23-18(25)15(17(24)22-19(23)26)16-12-6-2-1-5-11(12)9-10-21-16/h1-8,16,21,25H,9-10H2,(H,22,24,26)/p+1/t16-/m1/s1. The molecule has 4 N–H and O–H groups in total. The molecule has 0 fully saturated rings. The van der Waals surface area contributed by atoms with Crippen LogP contribution in [0.1, 0.15) is 22.7 Å². The number of aromatic nitrogens is 2. The van der Waals surface area contributed by atoms with Crippen molar-refractivity contribution in [2.24, 2.45) is 0 Å². The summed E-state index contributed by atoms with van der Waals surface area (Å²) in [5, 5.41) is 12.7. The molecular formula is C19H17FN3O3+. The fourth-order valence-corrected chi connectivity index (χ4v) is 3.55. The molecule has 0 bridgehead atoms. The van der Waals surface area contributed by atoms with E-state index in [1.807, 2.05) is 29.6 Å². The van der Waals surface area contributed by atoms with Gasteiger partial charge in [-0.3, -0.25) is 9.78 Å². The van der Waals surface area contributed by atoms with Crippen molar-refractivity contribution in [2.45, 2.75) is 12.5 Å². The Balaban J connectivity index is 1.98. The number of hydrogen-bond acceptors (Lipinski definition) is 3. The molecule has 3 aromatic rings. The second kappa shape index (κ2) is 6.27. The highest BCUT2D eigenvalue weighted by Gasteiger charge is 2.32. The highest BCUT2D eigenvalue weighted by Crippen LogP contribution is 2.28. The van der Waals surface area contributed by atoms with Gasteiger partial charge in [0.1, 0.15) is 17.4 Å². The number of rotatable bonds is 2. The highest BCUT2D eigenvalue weighted by atomic mass is 19.1. The van der Waals surface area contributed by atoms with Crippen LogP contribution in [0.3, 0.4) is 0 Å². The van der Waals surface area contributed by atoms with Crippen LogP contribution in [-0.2, 0) is 6.42 Å². The number of fused-ring (bicyclic) bond motifs is 1. The zero-order chi connectivity index (χ0) is 18.3. The molecule has 0 saturated heterocycles. The van der Waals surface area contributed by atoms with Crippen molar-refractivity contribution in [3.05, 3.63) is 91.9 Å². The van der Waals surface area contributed by atoms with Crippen molar-refractivity contribution >= 4 is 0 Å². The van der Waals surface area contributed by atoms with Crippen LogP contribution in [0.2, 0.25) is 0 Å². The van der Waals surface area contributed by atoms with E-state index in [1.54, 1.807) is 6.07 Å². The Morgan fingerprint density at radius 1 is 1.12 bits per heavy atom. The second-order valence-electron chi connectivity index (χ2n) is 6.23. The van der Waals surface area contributed by atoms with E-state index in [0.717, 1.165) is 28.7 Å². The average Bonchev–Trinajstić information content (AvgIpc) is 2.63. The number of halogens is 1. The van der Waals surface area contributed by atoms with Gasteiger partial charge in [-0.2, -0.15) is 0 Å². The van der Waals surface area contributed by atoms with Gasteiger partial charge in [0.25, 0.3) is 5.56 Å². The normalized spacial score (nSPS) is 16.3. The predicted octanol–water partition coefficient (Wildman–Crippen LogP) is 0.579. The van der Waals surface area contributed by atoms with E-state index in [4.69, 9.17) is 0 Å². The molecule has 1 aliphatic rings. The molecule has 1 aliphatic heterocycles. The van der Waals surface area contributed by atoms with E-state index >= 15 is 0 Å². The molecule has 6 nitrogen and oxygen atoms in total. The molecule has 2 heterocycles. The Kier molecular flexibility index (Phi) is 3.93. The van der Waals surface area contributed by atoms with Crippen molar-refractivity contribution in [1.82, 2.24) is 9.55 Å². The summed E-state index contributed by atoms with van der Waals surface area (Å²) >= 11 is 0. The maximum atomic E-state index is 14.2. The maximum Gasteiger partial charge on any atom is 0.335 e. The van der Waals surface area contributed by atoms with Gasteiger partial charge in [0, 0.05) is 12.0 Å². The molecule has 0 unspecified atom stereocenters. The monoisotopic (exact) mass is 354 g/mol. The predicted molar refractivity (Wildman–Crippen MR) is 93.1 cm³/mol. The molecule has 132 valence electrons. The van der Waals surface area contributed by atoms with Crippen molar-refractivity contribution in [2.75, 3.05) is 6.54 Å². The summed E-state index contributed by atoms with van der Waals surface area (Å²) < 4.78 is 15.0. The van der Waals surface area contributed by atoms with Gasteiger partial charge in [0.2, 0.25) is 5.88 Å². The van der Waals surface area contributed by atoms with E-state index < -0.39 is 29.0 Å². The summed E-state index contributed by atoms with van der Waals surface area (Å²) in [7, 11) is 0. The first-order valence-corrected chi connectivity index (χ1v) is 8.32. The van der Waals surface area contributed by atoms with Gasteiger partial charge in [-0.1, -0.05) is 36.4 Å². The molecule has 26 heavy (non-hydrogen) atoms. The summed E-state index contributed by atoms with van der Waals surface area (Å²) in [6.45, 7) is 0.736. The lowest BCUT2D eigenvalue weighted by Gasteiger charge is -2.24. The third-order valence-electron chi connectivity index (χ3n) is 4.73. The minimum atomic E-state index is -0.884. The van der Waals surface area contributed by atoms with E-state index in [-0.39, 0.29) is 11.3 Å². The van der Waals surface area contributed by atoms with Crippen LogP contribution in [0.15, 0.2) is 58.1 Å². The van der Waals surface area contributed by atoms with Gasteiger partial charge in [-0.15, -0.1) is 0 Å². The quantitative estimate of drug-likeness (QED) is 0.629. The summed E-state index contributed by atoms with van der Waals surface area (Å²) in [5.74, 6) is -1.21. The van der Waals surface area contributed by atoms with Crippen LogP contribution in [0, 0.1) is 5.82 Å². The van der Waals surface area contributed by atoms with Gasteiger partial charge >= 0.3 is 5.69 Å². The average molecular weight is 354 g/mol. The van der Waals surface area contributed by atoms with Crippen molar-refractivity contribution in [3.8, 4) is 11.6 Å². The number of aromatic amines is 1. The lowest BCUT2D eigenvalue weighted by Crippen LogP contribution is -2.87. The summed E-state index contributed by atoms with van der Waals surface area (Å²) in [6, 6.07) is 12.8. The molecule has 0 radical (unpaired) electrons. The van der Waals surface area contributed by atoms with Crippen molar-refractivity contribution < 1.29 is 14.8 Å². The number of benzene rings is 2. The first kappa shape index (κ1) is 16.3. The second-order valence-corrected chi connectivity index (χ2v) is 6.23. The third kappa shape index (κ3) is 2.53. The number of para-hydroxylation sites is 1. The van der Waals surface area contributed by atoms with Gasteiger partial charge < -0.3 is 10.4 Å². The number of aromatic hydroxyl groups is 1. The Hall–Kier alpha value is -3.19. The summed E-state index contributed by atoms with van der Waals surface area (Å²) in [4.78, 5) is 27.0. The fourth-order valence-electron chi connectivity index (χ4n) is 3.55.